The molecule has 1 saturated carbocycles. The van der Waals surface area contributed by atoms with Gasteiger partial charge in [0.25, 0.3) is 0 Å². The summed E-state index contributed by atoms with van der Waals surface area (Å²) < 4.78 is 0. The second-order valence-corrected chi connectivity index (χ2v) is 7.29. The van der Waals surface area contributed by atoms with Crippen LogP contribution in [0, 0.1) is 12.3 Å². The highest BCUT2D eigenvalue weighted by molar-refractivity contribution is 7.11. The molecule has 1 heterocycles. The SMILES string of the molecule is Cc1ccc(CC(C)NC(=O)CC2(CN)CCC2)s1. The van der Waals surface area contributed by atoms with Gasteiger partial charge in [0.05, 0.1) is 0 Å². The van der Waals surface area contributed by atoms with Crippen LogP contribution < -0.4 is 11.1 Å². The lowest BCUT2D eigenvalue weighted by Crippen LogP contribution is -2.44. The number of amides is 1. The number of hydrogen-bond acceptors (Lipinski definition) is 3. The maximum Gasteiger partial charge on any atom is 0.220 e. The minimum atomic E-state index is 0.101. The van der Waals surface area contributed by atoms with Gasteiger partial charge in [-0.1, -0.05) is 6.42 Å². The van der Waals surface area contributed by atoms with Crippen LogP contribution in [0.4, 0.5) is 0 Å². The van der Waals surface area contributed by atoms with E-state index in [1.807, 2.05) is 0 Å². The predicted octanol–water partition coefficient (Wildman–Crippen LogP) is 2.62. The summed E-state index contributed by atoms with van der Waals surface area (Å²) in [5.41, 5.74) is 5.90. The fourth-order valence-electron chi connectivity index (χ4n) is 2.74. The molecule has 3 nitrogen and oxygen atoms in total. The van der Waals surface area contributed by atoms with E-state index in [0.717, 1.165) is 19.3 Å². The van der Waals surface area contributed by atoms with Crippen LogP contribution in [0.3, 0.4) is 0 Å². The first kappa shape index (κ1) is 14.5. The Kier molecular flexibility index (Phi) is 4.63. The average molecular weight is 280 g/mol. The van der Waals surface area contributed by atoms with E-state index < -0.39 is 0 Å². The summed E-state index contributed by atoms with van der Waals surface area (Å²) in [6.45, 7) is 4.82. The van der Waals surface area contributed by atoms with E-state index in [0.29, 0.717) is 13.0 Å². The highest BCUT2D eigenvalue weighted by Gasteiger charge is 2.37. The van der Waals surface area contributed by atoms with Crippen LogP contribution >= 0.6 is 11.3 Å². The molecule has 0 bridgehead atoms. The van der Waals surface area contributed by atoms with Crippen LogP contribution in [-0.4, -0.2) is 18.5 Å². The molecule has 1 atom stereocenters. The number of thiophene rings is 1. The Labute approximate surface area is 119 Å². The van der Waals surface area contributed by atoms with Gasteiger partial charge in [0.1, 0.15) is 0 Å². The van der Waals surface area contributed by atoms with Crippen molar-refractivity contribution < 1.29 is 4.79 Å². The number of aryl methyl sites for hydroxylation is 1. The largest absolute Gasteiger partial charge is 0.353 e. The molecule has 0 radical (unpaired) electrons. The first-order valence-corrected chi connectivity index (χ1v) is 7.89. The molecule has 0 aromatic carbocycles. The maximum atomic E-state index is 12.1. The number of hydrogen-bond donors (Lipinski definition) is 2. The molecule has 0 aliphatic heterocycles. The molecule has 2 rings (SSSR count). The summed E-state index contributed by atoms with van der Waals surface area (Å²) in [5, 5.41) is 3.11. The van der Waals surface area contributed by atoms with E-state index in [-0.39, 0.29) is 17.4 Å². The summed E-state index contributed by atoms with van der Waals surface area (Å²) >= 11 is 1.81. The molecule has 1 aliphatic rings. The van der Waals surface area contributed by atoms with Crippen molar-refractivity contribution in [3.8, 4) is 0 Å². The van der Waals surface area contributed by atoms with E-state index in [2.05, 4.69) is 31.3 Å². The number of carbonyl (C=O) groups is 1. The highest BCUT2D eigenvalue weighted by Crippen LogP contribution is 2.42. The third-order valence-electron chi connectivity index (χ3n) is 4.09. The molecule has 106 valence electrons. The zero-order valence-corrected chi connectivity index (χ0v) is 12.7. The molecular formula is C15H24N2OS. The van der Waals surface area contributed by atoms with Crippen LogP contribution in [0.2, 0.25) is 0 Å². The van der Waals surface area contributed by atoms with E-state index in [9.17, 15) is 4.79 Å². The number of nitrogens with two attached hydrogens (primary N) is 1. The first-order valence-electron chi connectivity index (χ1n) is 7.08. The molecular weight excluding hydrogens is 256 g/mol. The minimum absolute atomic E-state index is 0.101. The molecule has 1 aliphatic carbocycles. The van der Waals surface area contributed by atoms with Crippen LogP contribution in [0.25, 0.3) is 0 Å². The second kappa shape index (κ2) is 6.06. The summed E-state index contributed by atoms with van der Waals surface area (Å²) in [5.74, 6) is 0.158. The van der Waals surface area contributed by atoms with E-state index >= 15 is 0 Å². The van der Waals surface area contributed by atoms with Crippen molar-refractivity contribution in [3.05, 3.63) is 21.9 Å². The fraction of sp³-hybridized carbons (Fsp3) is 0.667. The van der Waals surface area contributed by atoms with Crippen LogP contribution in [-0.2, 0) is 11.2 Å². The molecule has 0 saturated heterocycles. The smallest absolute Gasteiger partial charge is 0.220 e. The van der Waals surface area contributed by atoms with E-state index in [1.54, 1.807) is 11.3 Å². The van der Waals surface area contributed by atoms with Crippen LogP contribution in [0.5, 0.6) is 0 Å². The molecule has 1 aromatic rings. The molecule has 1 fully saturated rings. The van der Waals surface area contributed by atoms with Crippen molar-refractivity contribution in [2.45, 2.75) is 52.0 Å². The topological polar surface area (TPSA) is 55.1 Å². The zero-order valence-electron chi connectivity index (χ0n) is 11.9. The van der Waals surface area contributed by atoms with Crippen molar-refractivity contribution in [2.24, 2.45) is 11.1 Å². The van der Waals surface area contributed by atoms with Gasteiger partial charge in [0.15, 0.2) is 0 Å². The van der Waals surface area contributed by atoms with E-state index in [4.69, 9.17) is 5.73 Å². The van der Waals surface area contributed by atoms with Gasteiger partial charge < -0.3 is 11.1 Å². The van der Waals surface area contributed by atoms with Crippen LogP contribution in [0.15, 0.2) is 12.1 Å². The Morgan fingerprint density at radius 3 is 2.74 bits per heavy atom. The van der Waals surface area contributed by atoms with E-state index in [1.165, 1.54) is 16.2 Å². The fourth-order valence-corrected chi connectivity index (χ4v) is 3.76. The number of nitrogens with one attached hydrogen (secondary N) is 1. The van der Waals surface area contributed by atoms with Gasteiger partial charge in [-0.05, 0) is 50.8 Å². The van der Waals surface area contributed by atoms with Gasteiger partial charge in [-0.15, -0.1) is 11.3 Å². The molecule has 19 heavy (non-hydrogen) atoms. The minimum Gasteiger partial charge on any atom is -0.353 e. The Morgan fingerprint density at radius 1 is 1.53 bits per heavy atom. The van der Waals surface area contributed by atoms with Gasteiger partial charge in [-0.25, -0.2) is 0 Å². The maximum absolute atomic E-state index is 12.1. The van der Waals surface area contributed by atoms with Gasteiger partial charge in [-0.3, -0.25) is 4.79 Å². The Hall–Kier alpha value is -0.870. The van der Waals surface area contributed by atoms with Crippen molar-refractivity contribution in [3.63, 3.8) is 0 Å². The lowest BCUT2D eigenvalue weighted by Gasteiger charge is -2.40. The van der Waals surface area contributed by atoms with Crippen molar-refractivity contribution in [1.29, 1.82) is 0 Å². The number of carbonyl (C=O) groups excluding carboxylic acids is 1. The number of rotatable bonds is 6. The lowest BCUT2D eigenvalue weighted by molar-refractivity contribution is -0.125. The zero-order chi connectivity index (χ0) is 13.9. The quantitative estimate of drug-likeness (QED) is 0.841. The van der Waals surface area contributed by atoms with Crippen molar-refractivity contribution in [1.82, 2.24) is 5.32 Å². The third-order valence-corrected chi connectivity index (χ3v) is 5.12. The monoisotopic (exact) mass is 280 g/mol. The molecule has 4 heteroatoms. The van der Waals surface area contributed by atoms with Gasteiger partial charge in [-0.2, -0.15) is 0 Å². The normalized spacial score (nSPS) is 18.7. The Morgan fingerprint density at radius 2 is 2.26 bits per heavy atom. The standard InChI is InChI=1S/C15H24N2OS/c1-11(8-13-5-4-12(2)19-13)17-14(18)9-15(10-16)6-3-7-15/h4-5,11H,3,6-10,16H2,1-2H3,(H,17,18). The first-order chi connectivity index (χ1) is 9.03. The summed E-state index contributed by atoms with van der Waals surface area (Å²) in [6, 6.07) is 4.47. The molecule has 0 spiro atoms. The molecule has 1 unspecified atom stereocenters. The Balaban J connectivity index is 1.78. The van der Waals surface area contributed by atoms with Crippen molar-refractivity contribution >= 4 is 17.2 Å². The second-order valence-electron chi connectivity index (χ2n) is 5.92. The Bertz CT molecular complexity index is 432. The lowest BCUT2D eigenvalue weighted by atomic mass is 9.66. The highest BCUT2D eigenvalue weighted by atomic mass is 32.1. The summed E-state index contributed by atoms with van der Waals surface area (Å²) in [4.78, 5) is 14.7. The van der Waals surface area contributed by atoms with Crippen molar-refractivity contribution in [2.75, 3.05) is 6.54 Å². The summed E-state index contributed by atoms with van der Waals surface area (Å²) in [6.07, 6.45) is 4.94. The van der Waals surface area contributed by atoms with Crippen LogP contribution in [0.1, 0.15) is 42.4 Å². The predicted molar refractivity (Wildman–Crippen MR) is 80.3 cm³/mol. The average Bonchev–Trinajstić information content (AvgIpc) is 2.69. The van der Waals surface area contributed by atoms with Gasteiger partial charge in [0.2, 0.25) is 5.91 Å². The molecule has 1 amide bonds. The third kappa shape index (κ3) is 3.80. The summed E-state index contributed by atoms with van der Waals surface area (Å²) in [7, 11) is 0. The molecule has 3 N–H and O–H groups in total. The molecule has 1 aromatic heterocycles. The van der Waals surface area contributed by atoms with Gasteiger partial charge >= 0.3 is 0 Å². The van der Waals surface area contributed by atoms with Gasteiger partial charge in [0, 0.05) is 28.6 Å².